The van der Waals surface area contributed by atoms with Crippen LogP contribution in [0.3, 0.4) is 0 Å². The number of ether oxygens (including phenoxy) is 2. The van der Waals surface area contributed by atoms with E-state index in [1.54, 1.807) is 0 Å². The van der Waals surface area contributed by atoms with Crippen molar-refractivity contribution in [1.29, 1.82) is 0 Å². The molecule has 0 aromatic heterocycles. The van der Waals surface area contributed by atoms with Crippen molar-refractivity contribution in [3.63, 3.8) is 0 Å². The standard InChI is InChI=1S/C75H140NO8P/c1-3-5-7-9-11-13-15-17-19-21-23-25-27-29-31-33-34-35-36-37-38-40-41-43-45-47-49-51-53-55-57-59-61-63-65-67-74(77)81-71-73(72-83-85(79,80)82-70-69-76)84-75(78)68-66-64-62-60-58-56-54-52-50-48-46-44-42-39-32-30-28-26-24-22-20-18-16-14-12-10-8-6-4-2/h15-18,21-24,28,30,73H,3-14,19-20,25-27,29,31-72,76H2,1-2H3,(H,79,80)/b17-15-,18-16-,23-21-,24-22-,30-28-. The Hall–Kier alpha value is -2.29. The molecule has 0 aliphatic rings. The molecule has 0 aliphatic carbocycles. The third-order valence-corrected chi connectivity index (χ3v) is 17.4. The van der Waals surface area contributed by atoms with Crippen LogP contribution < -0.4 is 5.73 Å². The molecule has 2 atom stereocenters. The van der Waals surface area contributed by atoms with Gasteiger partial charge in [-0.3, -0.25) is 18.6 Å². The zero-order valence-corrected chi connectivity index (χ0v) is 57.0. The number of phosphoric ester groups is 1. The van der Waals surface area contributed by atoms with Gasteiger partial charge in [0.05, 0.1) is 13.2 Å². The van der Waals surface area contributed by atoms with Crippen LogP contribution in [0.5, 0.6) is 0 Å². The van der Waals surface area contributed by atoms with Gasteiger partial charge in [-0.2, -0.15) is 0 Å². The molecule has 85 heavy (non-hydrogen) atoms. The van der Waals surface area contributed by atoms with Gasteiger partial charge in [-0.1, -0.05) is 338 Å². The van der Waals surface area contributed by atoms with Crippen molar-refractivity contribution < 1.29 is 37.6 Å². The van der Waals surface area contributed by atoms with Gasteiger partial charge in [0.2, 0.25) is 0 Å². The number of allylic oxidation sites excluding steroid dienone is 10. The lowest BCUT2D eigenvalue weighted by atomic mass is 10.0. The highest BCUT2D eigenvalue weighted by atomic mass is 31.2. The summed E-state index contributed by atoms with van der Waals surface area (Å²) in [6.07, 6.45) is 91.9. The molecule has 10 heteroatoms. The molecule has 0 radical (unpaired) electrons. The van der Waals surface area contributed by atoms with Gasteiger partial charge in [0, 0.05) is 19.4 Å². The average Bonchev–Trinajstić information content (AvgIpc) is 3.52. The molecule has 0 aromatic rings. The Morgan fingerprint density at radius 2 is 0.612 bits per heavy atom. The third kappa shape index (κ3) is 70.7. The van der Waals surface area contributed by atoms with Crippen molar-refractivity contribution in [2.24, 2.45) is 5.73 Å². The SMILES string of the molecule is CCCCCCC/C=C\C/C=C\C/C=C\CCCCCCCCCCCCCCCCC(=O)OC(COC(=O)CCCCCCCCCCCCCCCCCCCCCCCCC/C=C\C/C=C\CCCCCCC)COP(=O)(O)OCCN. The van der Waals surface area contributed by atoms with Gasteiger partial charge < -0.3 is 20.1 Å². The zero-order valence-electron chi connectivity index (χ0n) is 56.1. The zero-order chi connectivity index (χ0) is 61.6. The van der Waals surface area contributed by atoms with Crippen LogP contribution in [-0.2, 0) is 32.7 Å². The summed E-state index contributed by atoms with van der Waals surface area (Å²) < 4.78 is 33.2. The molecule has 0 bridgehead atoms. The van der Waals surface area contributed by atoms with Crippen LogP contribution in [-0.4, -0.2) is 49.3 Å². The highest BCUT2D eigenvalue weighted by molar-refractivity contribution is 7.47. The lowest BCUT2D eigenvalue weighted by molar-refractivity contribution is -0.161. The maximum atomic E-state index is 12.8. The van der Waals surface area contributed by atoms with Crippen LogP contribution in [0.2, 0.25) is 0 Å². The van der Waals surface area contributed by atoms with E-state index < -0.39 is 26.5 Å². The van der Waals surface area contributed by atoms with E-state index in [0.29, 0.717) is 6.42 Å². The molecule has 0 aromatic carbocycles. The summed E-state index contributed by atoms with van der Waals surface area (Å²) in [7, 11) is -4.39. The van der Waals surface area contributed by atoms with Crippen molar-refractivity contribution in [3.05, 3.63) is 60.8 Å². The summed E-state index contributed by atoms with van der Waals surface area (Å²) in [6.45, 7) is 3.78. The van der Waals surface area contributed by atoms with E-state index in [-0.39, 0.29) is 38.6 Å². The second-order valence-electron chi connectivity index (χ2n) is 24.8. The first-order chi connectivity index (χ1) is 41.8. The number of phosphoric acid groups is 1. The van der Waals surface area contributed by atoms with Crippen molar-refractivity contribution in [2.45, 2.75) is 380 Å². The maximum absolute atomic E-state index is 12.8. The molecule has 0 heterocycles. The van der Waals surface area contributed by atoms with E-state index in [1.807, 2.05) is 0 Å². The van der Waals surface area contributed by atoms with Gasteiger partial charge in [0.25, 0.3) is 0 Å². The second-order valence-corrected chi connectivity index (χ2v) is 26.3. The predicted octanol–water partition coefficient (Wildman–Crippen LogP) is 24.2. The summed E-state index contributed by atoms with van der Waals surface area (Å²) in [6, 6.07) is 0. The number of hydrogen-bond acceptors (Lipinski definition) is 8. The van der Waals surface area contributed by atoms with Gasteiger partial charge in [-0.15, -0.1) is 0 Å². The Balaban J connectivity index is 3.81. The fourth-order valence-electron chi connectivity index (χ4n) is 10.9. The predicted molar refractivity (Wildman–Crippen MR) is 367 cm³/mol. The van der Waals surface area contributed by atoms with E-state index >= 15 is 0 Å². The molecule has 0 rings (SSSR count). The van der Waals surface area contributed by atoms with Gasteiger partial charge in [0.1, 0.15) is 6.61 Å². The number of carbonyl (C=O) groups excluding carboxylic acids is 2. The lowest BCUT2D eigenvalue weighted by Crippen LogP contribution is -2.29. The first kappa shape index (κ1) is 82.7. The van der Waals surface area contributed by atoms with Gasteiger partial charge in [-0.25, -0.2) is 4.57 Å². The largest absolute Gasteiger partial charge is 0.472 e. The van der Waals surface area contributed by atoms with E-state index in [4.69, 9.17) is 24.3 Å². The third-order valence-electron chi connectivity index (χ3n) is 16.4. The molecule has 0 spiro atoms. The monoisotopic (exact) mass is 1210 g/mol. The minimum Gasteiger partial charge on any atom is -0.462 e. The Morgan fingerprint density at radius 3 is 0.906 bits per heavy atom. The molecule has 0 saturated carbocycles. The van der Waals surface area contributed by atoms with Gasteiger partial charge in [0.15, 0.2) is 6.10 Å². The Morgan fingerprint density at radius 1 is 0.353 bits per heavy atom. The first-order valence-electron chi connectivity index (χ1n) is 36.8. The summed E-state index contributed by atoms with van der Waals surface area (Å²) in [5, 5.41) is 0. The summed E-state index contributed by atoms with van der Waals surface area (Å²) >= 11 is 0. The summed E-state index contributed by atoms with van der Waals surface area (Å²) in [4.78, 5) is 35.4. The van der Waals surface area contributed by atoms with Crippen molar-refractivity contribution in [1.82, 2.24) is 0 Å². The minimum atomic E-state index is -4.39. The number of rotatable bonds is 70. The van der Waals surface area contributed by atoms with Crippen molar-refractivity contribution >= 4 is 19.8 Å². The van der Waals surface area contributed by atoms with E-state index in [2.05, 4.69) is 74.6 Å². The van der Waals surface area contributed by atoms with Crippen molar-refractivity contribution in [2.75, 3.05) is 26.4 Å². The average molecular weight is 1210 g/mol. The topological polar surface area (TPSA) is 134 Å². The Bertz CT molecular complexity index is 1580. The fourth-order valence-corrected chi connectivity index (χ4v) is 11.7. The number of nitrogens with two attached hydrogens (primary N) is 1. The Labute approximate surface area is 527 Å². The number of carbonyl (C=O) groups is 2. The van der Waals surface area contributed by atoms with Gasteiger partial charge in [-0.05, 0) is 83.5 Å². The Kier molecular flexibility index (Phi) is 68.9. The smallest absolute Gasteiger partial charge is 0.462 e. The molecule has 0 fully saturated rings. The molecule has 498 valence electrons. The first-order valence-corrected chi connectivity index (χ1v) is 38.3. The molecular formula is C75H140NO8P. The van der Waals surface area contributed by atoms with Crippen LogP contribution >= 0.6 is 7.82 Å². The van der Waals surface area contributed by atoms with Crippen LogP contribution in [0.1, 0.15) is 373 Å². The van der Waals surface area contributed by atoms with Crippen LogP contribution in [0.15, 0.2) is 60.8 Å². The molecule has 3 N–H and O–H groups in total. The highest BCUT2D eigenvalue weighted by Crippen LogP contribution is 2.43. The lowest BCUT2D eigenvalue weighted by Gasteiger charge is -2.19. The molecule has 0 saturated heterocycles. The molecule has 0 aliphatic heterocycles. The highest BCUT2D eigenvalue weighted by Gasteiger charge is 2.26. The quantitative estimate of drug-likeness (QED) is 0.0264. The minimum absolute atomic E-state index is 0.0540. The molecule has 0 amide bonds. The maximum Gasteiger partial charge on any atom is 0.472 e. The van der Waals surface area contributed by atoms with Gasteiger partial charge >= 0.3 is 19.8 Å². The van der Waals surface area contributed by atoms with E-state index in [1.165, 1.54) is 283 Å². The second kappa shape index (κ2) is 70.8. The summed E-state index contributed by atoms with van der Waals surface area (Å²) in [5.74, 6) is -0.810. The normalized spacial score (nSPS) is 13.2. The molecule has 2 unspecified atom stereocenters. The molecular weight excluding hydrogens is 1070 g/mol. The number of hydrogen-bond donors (Lipinski definition) is 2. The molecule has 9 nitrogen and oxygen atoms in total. The number of unbranched alkanes of at least 4 members (excludes halogenated alkanes) is 47. The van der Waals surface area contributed by atoms with E-state index in [0.717, 1.165) is 57.8 Å². The summed E-state index contributed by atoms with van der Waals surface area (Å²) in [5.41, 5.74) is 5.41. The fraction of sp³-hybridized carbons (Fsp3) is 0.840. The van der Waals surface area contributed by atoms with Crippen LogP contribution in [0.4, 0.5) is 0 Å². The van der Waals surface area contributed by atoms with E-state index in [9.17, 15) is 19.0 Å². The van der Waals surface area contributed by atoms with Crippen LogP contribution in [0, 0.1) is 0 Å². The van der Waals surface area contributed by atoms with Crippen LogP contribution in [0.25, 0.3) is 0 Å². The van der Waals surface area contributed by atoms with Crippen molar-refractivity contribution in [3.8, 4) is 0 Å². The number of esters is 2.